The van der Waals surface area contributed by atoms with Crippen LogP contribution in [-0.2, 0) is 9.84 Å². The second-order valence-corrected chi connectivity index (χ2v) is 8.68. The Kier molecular flexibility index (Phi) is 4.29. The number of H-pyrrole nitrogens is 1. The molecule has 1 N–H and O–H groups in total. The summed E-state index contributed by atoms with van der Waals surface area (Å²) in [5.74, 6) is 0.135. The van der Waals surface area contributed by atoms with Crippen LogP contribution in [0.3, 0.4) is 0 Å². The van der Waals surface area contributed by atoms with Gasteiger partial charge in [-0.1, -0.05) is 12.1 Å². The van der Waals surface area contributed by atoms with Gasteiger partial charge in [-0.05, 0) is 41.4 Å². The normalized spacial score (nSPS) is 20.3. The number of aromatic nitrogens is 2. The molecule has 122 valence electrons. The standard InChI is InChI=1S/C15H16BrN3O3S/c1-10-12(8-17-14-5-3-2-4-13(14)16)15(20)19(18-10)11-6-7-23(21,22)9-11/h2-5,8,11,18H,6-7,9H2,1H3. The van der Waals surface area contributed by atoms with Crippen molar-refractivity contribution in [3.05, 3.63) is 50.3 Å². The number of sulfone groups is 1. The number of nitrogens with one attached hydrogen (secondary N) is 1. The van der Waals surface area contributed by atoms with Crippen molar-refractivity contribution in [2.24, 2.45) is 4.99 Å². The van der Waals surface area contributed by atoms with Gasteiger partial charge < -0.3 is 0 Å². The van der Waals surface area contributed by atoms with Crippen LogP contribution in [0.25, 0.3) is 0 Å². The largest absolute Gasteiger partial charge is 0.299 e. The van der Waals surface area contributed by atoms with E-state index in [1.807, 2.05) is 24.3 Å². The third kappa shape index (κ3) is 3.32. The van der Waals surface area contributed by atoms with Crippen LogP contribution < -0.4 is 5.56 Å². The number of nitrogens with zero attached hydrogens (tertiary/aromatic N) is 2. The molecule has 1 fully saturated rings. The Labute approximate surface area is 142 Å². The summed E-state index contributed by atoms with van der Waals surface area (Å²) in [7, 11) is -3.04. The molecule has 23 heavy (non-hydrogen) atoms. The van der Waals surface area contributed by atoms with Gasteiger partial charge in [-0.15, -0.1) is 0 Å². The number of benzene rings is 1. The molecule has 0 spiro atoms. The monoisotopic (exact) mass is 397 g/mol. The second-order valence-electron chi connectivity index (χ2n) is 5.59. The van der Waals surface area contributed by atoms with E-state index >= 15 is 0 Å². The van der Waals surface area contributed by atoms with Gasteiger partial charge >= 0.3 is 0 Å². The number of rotatable bonds is 3. The molecule has 1 aromatic heterocycles. The fourth-order valence-electron chi connectivity index (χ4n) is 2.66. The van der Waals surface area contributed by atoms with Crippen LogP contribution in [0.4, 0.5) is 5.69 Å². The minimum atomic E-state index is -3.04. The van der Waals surface area contributed by atoms with E-state index < -0.39 is 9.84 Å². The topological polar surface area (TPSA) is 84.3 Å². The summed E-state index contributed by atoms with van der Waals surface area (Å²) in [4.78, 5) is 16.9. The lowest BCUT2D eigenvalue weighted by molar-refractivity contribution is 0.483. The van der Waals surface area contributed by atoms with E-state index in [9.17, 15) is 13.2 Å². The Bertz CT molecular complexity index is 928. The molecule has 3 rings (SSSR count). The number of aliphatic imine (C=N–C) groups is 1. The highest BCUT2D eigenvalue weighted by atomic mass is 79.9. The van der Waals surface area contributed by atoms with E-state index in [2.05, 4.69) is 26.0 Å². The molecule has 6 nitrogen and oxygen atoms in total. The minimum Gasteiger partial charge on any atom is -0.299 e. The Morgan fingerprint density at radius 1 is 1.39 bits per heavy atom. The van der Waals surface area contributed by atoms with Crippen molar-refractivity contribution in [2.75, 3.05) is 11.5 Å². The van der Waals surface area contributed by atoms with Gasteiger partial charge in [-0.3, -0.25) is 14.9 Å². The molecule has 1 unspecified atom stereocenters. The summed E-state index contributed by atoms with van der Waals surface area (Å²) in [6, 6.07) is 7.14. The molecule has 1 aromatic carbocycles. The highest BCUT2D eigenvalue weighted by Crippen LogP contribution is 2.24. The smallest absolute Gasteiger partial charge is 0.275 e. The molecule has 1 atom stereocenters. The molecule has 0 radical (unpaired) electrons. The fraction of sp³-hybridized carbons (Fsp3) is 0.333. The summed E-state index contributed by atoms with van der Waals surface area (Å²) >= 11 is 3.41. The molecule has 1 aliphatic heterocycles. The Morgan fingerprint density at radius 3 is 2.78 bits per heavy atom. The molecule has 2 heterocycles. The molecular weight excluding hydrogens is 382 g/mol. The van der Waals surface area contributed by atoms with Crippen molar-refractivity contribution in [3.63, 3.8) is 0 Å². The Hall–Kier alpha value is -1.67. The molecule has 0 aliphatic carbocycles. The molecule has 8 heteroatoms. The van der Waals surface area contributed by atoms with E-state index in [4.69, 9.17) is 0 Å². The highest BCUT2D eigenvalue weighted by Gasteiger charge is 2.31. The van der Waals surface area contributed by atoms with E-state index in [1.54, 1.807) is 6.92 Å². The zero-order chi connectivity index (χ0) is 16.6. The first kappa shape index (κ1) is 16.2. The number of hydrogen-bond donors (Lipinski definition) is 1. The predicted octanol–water partition coefficient (Wildman–Crippen LogP) is 2.36. The van der Waals surface area contributed by atoms with Crippen LogP contribution in [0.5, 0.6) is 0 Å². The zero-order valence-corrected chi connectivity index (χ0v) is 14.9. The van der Waals surface area contributed by atoms with Crippen molar-refractivity contribution in [3.8, 4) is 0 Å². The highest BCUT2D eigenvalue weighted by molar-refractivity contribution is 9.10. The first-order valence-electron chi connectivity index (χ1n) is 7.17. The fourth-order valence-corrected chi connectivity index (χ4v) is 4.75. The SMILES string of the molecule is Cc1[nH]n(C2CCS(=O)(=O)C2)c(=O)c1C=Nc1ccccc1Br. The van der Waals surface area contributed by atoms with E-state index in [-0.39, 0.29) is 23.1 Å². The average Bonchev–Trinajstić information content (AvgIpc) is 2.99. The molecule has 0 saturated carbocycles. The van der Waals surface area contributed by atoms with E-state index in [1.165, 1.54) is 10.9 Å². The maximum absolute atomic E-state index is 12.5. The number of aromatic amines is 1. The maximum atomic E-state index is 12.5. The summed E-state index contributed by atoms with van der Waals surface area (Å²) < 4.78 is 25.5. The van der Waals surface area contributed by atoms with Gasteiger partial charge in [0.05, 0.1) is 28.8 Å². The first-order chi connectivity index (χ1) is 10.9. The molecule has 0 bridgehead atoms. The molecule has 0 amide bonds. The van der Waals surface area contributed by atoms with Gasteiger partial charge in [0.2, 0.25) is 0 Å². The number of hydrogen-bond acceptors (Lipinski definition) is 4. The number of para-hydroxylation sites is 1. The number of halogens is 1. The van der Waals surface area contributed by atoms with Gasteiger partial charge in [0.25, 0.3) is 5.56 Å². The van der Waals surface area contributed by atoms with Gasteiger partial charge in [0.15, 0.2) is 9.84 Å². The van der Waals surface area contributed by atoms with Crippen LogP contribution in [0, 0.1) is 6.92 Å². The summed E-state index contributed by atoms with van der Waals surface area (Å²) in [5.41, 5.74) is 1.61. The lowest BCUT2D eigenvalue weighted by Gasteiger charge is -2.07. The maximum Gasteiger partial charge on any atom is 0.275 e. The van der Waals surface area contributed by atoms with Crippen LogP contribution >= 0.6 is 15.9 Å². The lowest BCUT2D eigenvalue weighted by atomic mass is 10.2. The second kappa shape index (κ2) is 6.09. The lowest BCUT2D eigenvalue weighted by Crippen LogP contribution is -2.25. The summed E-state index contributed by atoms with van der Waals surface area (Å²) in [6.45, 7) is 1.78. The van der Waals surface area contributed by atoms with E-state index in [0.717, 1.165) is 10.2 Å². The van der Waals surface area contributed by atoms with Gasteiger partial charge in [-0.2, -0.15) is 0 Å². The van der Waals surface area contributed by atoms with Crippen LogP contribution in [0.15, 0.2) is 38.5 Å². The van der Waals surface area contributed by atoms with Crippen LogP contribution in [0.1, 0.15) is 23.7 Å². The van der Waals surface area contributed by atoms with Crippen molar-refractivity contribution in [1.82, 2.24) is 9.78 Å². The number of aryl methyl sites for hydroxylation is 1. The third-order valence-corrected chi connectivity index (χ3v) is 6.32. The first-order valence-corrected chi connectivity index (χ1v) is 9.79. The third-order valence-electron chi connectivity index (χ3n) is 3.90. The predicted molar refractivity (Wildman–Crippen MR) is 93.5 cm³/mol. The van der Waals surface area contributed by atoms with Crippen molar-refractivity contribution in [2.45, 2.75) is 19.4 Å². The zero-order valence-electron chi connectivity index (χ0n) is 12.5. The quantitative estimate of drug-likeness (QED) is 0.806. The van der Waals surface area contributed by atoms with Crippen LogP contribution in [-0.4, -0.2) is 35.9 Å². The summed E-state index contributed by atoms with van der Waals surface area (Å²) in [5, 5.41) is 2.98. The van der Waals surface area contributed by atoms with Crippen molar-refractivity contribution < 1.29 is 8.42 Å². The molecule has 1 aliphatic rings. The van der Waals surface area contributed by atoms with Gasteiger partial charge in [0, 0.05) is 16.4 Å². The Balaban J connectivity index is 1.93. The summed E-state index contributed by atoms with van der Waals surface area (Å²) in [6.07, 6.45) is 1.98. The van der Waals surface area contributed by atoms with Gasteiger partial charge in [-0.25, -0.2) is 13.1 Å². The van der Waals surface area contributed by atoms with Crippen LogP contribution in [0.2, 0.25) is 0 Å². The molecule has 2 aromatic rings. The molecular formula is C15H16BrN3O3S. The minimum absolute atomic E-state index is 0.00762. The van der Waals surface area contributed by atoms with Crippen molar-refractivity contribution >= 4 is 37.7 Å². The van der Waals surface area contributed by atoms with E-state index in [0.29, 0.717) is 17.7 Å². The average molecular weight is 398 g/mol. The van der Waals surface area contributed by atoms with Gasteiger partial charge in [0.1, 0.15) is 0 Å². The molecule has 1 saturated heterocycles. The Morgan fingerprint density at radius 2 is 2.13 bits per heavy atom. The van der Waals surface area contributed by atoms with Crippen molar-refractivity contribution in [1.29, 1.82) is 0 Å².